The van der Waals surface area contributed by atoms with Crippen LogP contribution in [0, 0.1) is 5.92 Å². The van der Waals surface area contributed by atoms with Crippen molar-refractivity contribution in [2.75, 3.05) is 13.2 Å². The van der Waals surface area contributed by atoms with Gasteiger partial charge in [0.25, 0.3) is 0 Å². The lowest BCUT2D eigenvalue weighted by molar-refractivity contribution is -0.167. The van der Waals surface area contributed by atoms with Gasteiger partial charge < -0.3 is 14.2 Å². The Morgan fingerprint density at radius 2 is 0.673 bits per heavy atom. The largest absolute Gasteiger partial charge is 0.462 e. The number of rotatable bonds is 38. The highest BCUT2D eigenvalue weighted by Crippen LogP contribution is 2.15. The van der Waals surface area contributed by atoms with Crippen LogP contribution < -0.4 is 0 Å². The Hall–Kier alpha value is -1.59. The highest BCUT2D eigenvalue weighted by atomic mass is 16.6. The molecule has 0 aliphatic heterocycles. The summed E-state index contributed by atoms with van der Waals surface area (Å²) in [4.78, 5) is 37.5. The van der Waals surface area contributed by atoms with Gasteiger partial charge in [-0.3, -0.25) is 14.4 Å². The molecule has 0 saturated carbocycles. The summed E-state index contributed by atoms with van der Waals surface area (Å²) in [5.41, 5.74) is 0. The van der Waals surface area contributed by atoms with Gasteiger partial charge in [-0.1, -0.05) is 195 Å². The molecule has 0 unspecified atom stereocenters. The van der Waals surface area contributed by atoms with Crippen LogP contribution in [0.4, 0.5) is 0 Å². The van der Waals surface area contributed by atoms with Gasteiger partial charge in [-0.2, -0.15) is 0 Å². The van der Waals surface area contributed by atoms with Crippen LogP contribution >= 0.6 is 0 Å². The summed E-state index contributed by atoms with van der Waals surface area (Å²) in [7, 11) is 0. The van der Waals surface area contributed by atoms with Crippen LogP contribution in [0.15, 0.2) is 0 Å². The topological polar surface area (TPSA) is 78.9 Å². The average Bonchev–Trinajstić information content (AvgIpc) is 3.08. The maximum absolute atomic E-state index is 12.6. The number of unbranched alkanes of at least 4 members (excludes halogenated alkanes) is 25. The van der Waals surface area contributed by atoms with Gasteiger partial charge in [-0.15, -0.1) is 0 Å². The molecule has 0 N–H and O–H groups in total. The smallest absolute Gasteiger partial charge is 0.306 e. The van der Waals surface area contributed by atoms with Gasteiger partial charge in [0, 0.05) is 19.3 Å². The summed E-state index contributed by atoms with van der Waals surface area (Å²) in [6.07, 6.45) is 35.2. The summed E-state index contributed by atoms with van der Waals surface area (Å²) >= 11 is 0. The lowest BCUT2D eigenvalue weighted by atomic mass is 10.0. The molecule has 49 heavy (non-hydrogen) atoms. The maximum Gasteiger partial charge on any atom is 0.306 e. The minimum atomic E-state index is -0.758. The first-order chi connectivity index (χ1) is 23.9. The molecule has 290 valence electrons. The van der Waals surface area contributed by atoms with Gasteiger partial charge in [-0.05, 0) is 25.2 Å². The van der Waals surface area contributed by atoms with Gasteiger partial charge in [-0.25, -0.2) is 0 Å². The van der Waals surface area contributed by atoms with E-state index in [1.165, 1.54) is 128 Å². The molecule has 0 aliphatic carbocycles. The van der Waals surface area contributed by atoms with Crippen molar-refractivity contribution in [2.24, 2.45) is 5.92 Å². The predicted octanol–water partition coefficient (Wildman–Crippen LogP) is 13.2. The fourth-order valence-electron chi connectivity index (χ4n) is 6.27. The Kier molecular flexibility index (Phi) is 36.4. The van der Waals surface area contributed by atoms with Crippen molar-refractivity contribution in [3.63, 3.8) is 0 Å². The van der Waals surface area contributed by atoms with Crippen molar-refractivity contribution >= 4 is 17.9 Å². The fourth-order valence-corrected chi connectivity index (χ4v) is 6.27. The summed E-state index contributed by atoms with van der Waals surface area (Å²) in [6.45, 7) is 8.91. The molecule has 0 saturated heterocycles. The third-order valence-corrected chi connectivity index (χ3v) is 9.54. The summed E-state index contributed by atoms with van der Waals surface area (Å²) in [5, 5.41) is 0. The Labute approximate surface area is 304 Å². The average molecular weight is 695 g/mol. The van der Waals surface area contributed by atoms with Crippen molar-refractivity contribution in [1.29, 1.82) is 0 Å². The van der Waals surface area contributed by atoms with E-state index >= 15 is 0 Å². The van der Waals surface area contributed by atoms with Crippen molar-refractivity contribution in [1.82, 2.24) is 0 Å². The van der Waals surface area contributed by atoms with Crippen molar-refractivity contribution in [3.05, 3.63) is 0 Å². The number of carbonyl (C=O) groups excluding carboxylic acids is 3. The number of ether oxygens (including phenoxy) is 3. The second kappa shape index (κ2) is 37.7. The molecule has 0 heterocycles. The first kappa shape index (κ1) is 47.4. The number of hydrogen-bond acceptors (Lipinski definition) is 6. The molecule has 0 aromatic rings. The zero-order valence-corrected chi connectivity index (χ0v) is 33.1. The van der Waals surface area contributed by atoms with E-state index in [-0.39, 0.29) is 31.1 Å². The lowest BCUT2D eigenvalue weighted by Crippen LogP contribution is -2.30. The molecule has 0 fully saturated rings. The fraction of sp³-hybridized carbons (Fsp3) is 0.930. The van der Waals surface area contributed by atoms with E-state index in [0.29, 0.717) is 19.3 Å². The first-order valence-corrected chi connectivity index (χ1v) is 21.4. The Bertz CT molecular complexity index is 736. The van der Waals surface area contributed by atoms with Crippen LogP contribution in [0.5, 0.6) is 0 Å². The SMILES string of the molecule is CCCCCCCCCCCCCCC(=O)OC[C@H](COC(=O)CCCCCCCCCC(C)C)OC(=O)CCCCCCCCCCC. The van der Waals surface area contributed by atoms with Gasteiger partial charge in [0.1, 0.15) is 13.2 Å². The van der Waals surface area contributed by atoms with E-state index in [2.05, 4.69) is 27.7 Å². The second-order valence-electron chi connectivity index (χ2n) is 15.1. The minimum Gasteiger partial charge on any atom is -0.462 e. The van der Waals surface area contributed by atoms with Crippen LogP contribution in [0.3, 0.4) is 0 Å². The molecule has 0 radical (unpaired) electrons. The second-order valence-corrected chi connectivity index (χ2v) is 15.1. The third kappa shape index (κ3) is 37.5. The summed E-state index contributed by atoms with van der Waals surface area (Å²) in [5.74, 6) is -0.0818. The van der Waals surface area contributed by atoms with Crippen molar-refractivity contribution in [2.45, 2.75) is 239 Å². The monoisotopic (exact) mass is 695 g/mol. The molecule has 0 bridgehead atoms. The Balaban J connectivity index is 4.32. The Morgan fingerprint density at radius 1 is 0.388 bits per heavy atom. The Morgan fingerprint density at radius 3 is 1.00 bits per heavy atom. The van der Waals surface area contributed by atoms with Gasteiger partial charge in [0.05, 0.1) is 0 Å². The molecule has 0 rings (SSSR count). The predicted molar refractivity (Wildman–Crippen MR) is 206 cm³/mol. The van der Waals surface area contributed by atoms with E-state index in [0.717, 1.165) is 63.7 Å². The summed E-state index contributed by atoms with van der Waals surface area (Å²) < 4.78 is 16.6. The molecule has 6 heteroatoms. The van der Waals surface area contributed by atoms with E-state index in [9.17, 15) is 14.4 Å². The number of carbonyl (C=O) groups is 3. The molecular formula is C43H82O6. The number of esters is 3. The zero-order valence-electron chi connectivity index (χ0n) is 33.1. The lowest BCUT2D eigenvalue weighted by Gasteiger charge is -2.18. The van der Waals surface area contributed by atoms with E-state index in [1.807, 2.05) is 0 Å². The van der Waals surface area contributed by atoms with E-state index < -0.39 is 6.10 Å². The van der Waals surface area contributed by atoms with Crippen LogP contribution in [0.1, 0.15) is 233 Å². The highest BCUT2D eigenvalue weighted by molar-refractivity contribution is 5.71. The van der Waals surface area contributed by atoms with Crippen molar-refractivity contribution < 1.29 is 28.6 Å². The van der Waals surface area contributed by atoms with Crippen molar-refractivity contribution in [3.8, 4) is 0 Å². The highest BCUT2D eigenvalue weighted by Gasteiger charge is 2.19. The van der Waals surface area contributed by atoms with E-state index in [1.54, 1.807) is 0 Å². The molecule has 0 aliphatic rings. The molecular weight excluding hydrogens is 612 g/mol. The standard InChI is InChI=1S/C43H82O6/c1-5-7-9-11-13-15-16-17-19-22-26-30-34-41(44)47-37-40(49-43(46)36-32-28-23-18-14-12-10-8-6-2)38-48-42(45)35-31-27-24-20-21-25-29-33-39(3)4/h39-40H,5-38H2,1-4H3/t40-/m1/s1. The molecule has 0 amide bonds. The molecule has 0 aromatic carbocycles. The maximum atomic E-state index is 12.6. The molecule has 1 atom stereocenters. The normalized spacial score (nSPS) is 11.9. The zero-order chi connectivity index (χ0) is 36.0. The van der Waals surface area contributed by atoms with E-state index in [4.69, 9.17) is 14.2 Å². The molecule has 6 nitrogen and oxygen atoms in total. The van der Waals surface area contributed by atoms with Gasteiger partial charge >= 0.3 is 17.9 Å². The molecule has 0 spiro atoms. The summed E-state index contributed by atoms with van der Waals surface area (Å²) in [6, 6.07) is 0. The van der Waals surface area contributed by atoms with Gasteiger partial charge in [0.2, 0.25) is 0 Å². The number of hydrogen-bond donors (Lipinski definition) is 0. The molecule has 0 aromatic heterocycles. The van der Waals surface area contributed by atoms with Crippen LogP contribution in [-0.4, -0.2) is 37.2 Å². The van der Waals surface area contributed by atoms with Crippen LogP contribution in [-0.2, 0) is 28.6 Å². The van der Waals surface area contributed by atoms with Crippen LogP contribution in [0.2, 0.25) is 0 Å². The van der Waals surface area contributed by atoms with Crippen LogP contribution in [0.25, 0.3) is 0 Å². The third-order valence-electron chi connectivity index (χ3n) is 9.54. The quantitative estimate of drug-likeness (QED) is 0.0364. The first-order valence-electron chi connectivity index (χ1n) is 21.4. The minimum absolute atomic E-state index is 0.0648. The van der Waals surface area contributed by atoms with Gasteiger partial charge in [0.15, 0.2) is 6.10 Å².